The molecule has 0 saturated carbocycles. The molecule has 2 aliphatic rings. The lowest BCUT2D eigenvalue weighted by atomic mass is 9.76. The van der Waals surface area contributed by atoms with Crippen molar-refractivity contribution in [3.05, 3.63) is 0 Å². The summed E-state index contributed by atoms with van der Waals surface area (Å²) in [4.78, 5) is 76.5. The monoisotopic (exact) mass is 612 g/mol. The van der Waals surface area contributed by atoms with E-state index in [0.29, 0.717) is 45.2 Å². The Morgan fingerprint density at radius 2 is 1.51 bits per heavy atom. The standard InChI is InChI=1S/C25H43N5O6.C4H9NO2/c1-24(2,3)15-25(4,5)23(36)27-13-19(32)28-16(14-31)21(34)30-12-8-10-18(30)22(35)29-11-7-9-17(29)20(33)26-6;1-3(6)2-4(5)7/h16-18,31H,7-15H2,1-6H3,(H,26,33)(H,27,36)(H,28,32);3,6H,2H2,1H3,(H2,5,7). The molecule has 2 heterocycles. The van der Waals surface area contributed by atoms with Gasteiger partial charge in [-0.2, -0.15) is 0 Å². The molecule has 0 bridgehead atoms. The van der Waals surface area contributed by atoms with Crippen LogP contribution in [0.1, 0.15) is 80.1 Å². The van der Waals surface area contributed by atoms with E-state index in [1.165, 1.54) is 23.8 Å². The van der Waals surface area contributed by atoms with Gasteiger partial charge < -0.3 is 41.7 Å². The van der Waals surface area contributed by atoms with Gasteiger partial charge in [-0.15, -0.1) is 0 Å². The number of hydrogen-bond acceptors (Lipinski definition) is 8. The number of aliphatic hydroxyl groups excluding tert-OH is 2. The second-order valence-corrected chi connectivity index (χ2v) is 13.1. The van der Waals surface area contributed by atoms with Crippen LogP contribution in [0.5, 0.6) is 0 Å². The normalized spacial score (nSPS) is 19.9. The van der Waals surface area contributed by atoms with Crippen LogP contribution in [0.25, 0.3) is 0 Å². The van der Waals surface area contributed by atoms with Crippen molar-refractivity contribution in [2.24, 2.45) is 16.6 Å². The van der Waals surface area contributed by atoms with Crippen LogP contribution in [0.3, 0.4) is 0 Å². The summed E-state index contributed by atoms with van der Waals surface area (Å²) in [6.07, 6.45) is 2.40. The molecule has 7 N–H and O–H groups in total. The number of nitrogens with one attached hydrogen (secondary N) is 3. The first-order valence-corrected chi connectivity index (χ1v) is 14.8. The Balaban J connectivity index is 0.00000117. The van der Waals surface area contributed by atoms with Crippen molar-refractivity contribution < 1.29 is 39.0 Å². The number of hydrogen-bond donors (Lipinski definition) is 6. The van der Waals surface area contributed by atoms with Crippen molar-refractivity contribution in [3.8, 4) is 0 Å². The van der Waals surface area contributed by atoms with Gasteiger partial charge in [0.05, 0.1) is 25.7 Å². The highest BCUT2D eigenvalue weighted by molar-refractivity contribution is 5.95. The van der Waals surface area contributed by atoms with Crippen molar-refractivity contribution in [1.29, 1.82) is 0 Å². The molecule has 0 aliphatic carbocycles. The van der Waals surface area contributed by atoms with Gasteiger partial charge in [0.2, 0.25) is 35.4 Å². The highest BCUT2D eigenvalue weighted by Gasteiger charge is 2.43. The molecule has 43 heavy (non-hydrogen) atoms. The summed E-state index contributed by atoms with van der Waals surface area (Å²) in [5, 5.41) is 25.9. The lowest BCUT2D eigenvalue weighted by Crippen LogP contribution is -2.57. The first kappa shape index (κ1) is 37.8. The minimum Gasteiger partial charge on any atom is -0.394 e. The third-order valence-electron chi connectivity index (χ3n) is 7.21. The number of nitrogens with two attached hydrogens (primary N) is 1. The van der Waals surface area contributed by atoms with Crippen molar-refractivity contribution in [3.63, 3.8) is 0 Å². The summed E-state index contributed by atoms with van der Waals surface area (Å²) in [6.45, 7) is 11.0. The number of likely N-dealkylation sites (tertiary alicyclic amines) is 2. The van der Waals surface area contributed by atoms with E-state index in [2.05, 4.69) is 16.0 Å². The van der Waals surface area contributed by atoms with Crippen molar-refractivity contribution >= 4 is 35.4 Å². The maximum absolute atomic E-state index is 13.3. The molecule has 0 spiro atoms. The molecule has 4 atom stereocenters. The Labute approximate surface area is 254 Å². The number of nitrogens with zero attached hydrogens (tertiary/aromatic N) is 2. The number of aliphatic hydroxyl groups is 2. The zero-order chi connectivity index (χ0) is 33.1. The van der Waals surface area contributed by atoms with E-state index in [4.69, 9.17) is 10.8 Å². The molecule has 0 aromatic rings. The van der Waals surface area contributed by atoms with E-state index in [1.54, 1.807) is 0 Å². The summed E-state index contributed by atoms with van der Waals surface area (Å²) >= 11 is 0. The molecule has 2 rings (SSSR count). The van der Waals surface area contributed by atoms with Crippen molar-refractivity contribution in [2.45, 2.75) is 104 Å². The molecule has 2 saturated heterocycles. The Morgan fingerprint density at radius 3 is 1.98 bits per heavy atom. The first-order valence-electron chi connectivity index (χ1n) is 14.8. The zero-order valence-corrected chi connectivity index (χ0v) is 26.7. The number of primary amides is 1. The third-order valence-corrected chi connectivity index (χ3v) is 7.21. The fourth-order valence-electron chi connectivity index (χ4n) is 5.68. The fourth-order valence-corrected chi connectivity index (χ4v) is 5.68. The van der Waals surface area contributed by atoms with Crippen LogP contribution in [0.4, 0.5) is 0 Å². The minimum absolute atomic E-state index is 0.0556. The largest absolute Gasteiger partial charge is 0.394 e. The molecule has 2 fully saturated rings. The summed E-state index contributed by atoms with van der Waals surface area (Å²) in [5.41, 5.74) is 3.94. The van der Waals surface area contributed by atoms with E-state index < -0.39 is 54.0 Å². The lowest BCUT2D eigenvalue weighted by molar-refractivity contribution is -0.148. The number of carbonyl (C=O) groups excluding carboxylic acids is 6. The van der Waals surface area contributed by atoms with Crippen LogP contribution < -0.4 is 21.7 Å². The van der Waals surface area contributed by atoms with E-state index in [1.807, 2.05) is 34.6 Å². The Morgan fingerprint density at radius 1 is 0.953 bits per heavy atom. The highest BCUT2D eigenvalue weighted by atomic mass is 16.3. The van der Waals surface area contributed by atoms with Gasteiger partial charge in [0.25, 0.3) is 0 Å². The van der Waals surface area contributed by atoms with Crippen LogP contribution >= 0.6 is 0 Å². The molecule has 4 unspecified atom stereocenters. The van der Waals surface area contributed by atoms with Crippen LogP contribution in [-0.2, 0) is 28.8 Å². The maximum atomic E-state index is 13.3. The number of rotatable bonds is 11. The number of likely N-dealkylation sites (N-methyl/N-ethyl adjacent to an activating group) is 1. The highest BCUT2D eigenvalue weighted by Crippen LogP contribution is 2.33. The van der Waals surface area contributed by atoms with E-state index in [-0.39, 0.29) is 36.1 Å². The molecule has 14 nitrogen and oxygen atoms in total. The van der Waals surface area contributed by atoms with Gasteiger partial charge in [-0.3, -0.25) is 28.8 Å². The SMILES string of the molecule is CC(O)CC(N)=O.CNC(=O)C1CCCN1C(=O)C1CCCN1C(=O)C(CO)NC(=O)CNC(=O)C(C)(C)CC(C)(C)C. The maximum Gasteiger partial charge on any atom is 0.248 e. The fraction of sp³-hybridized carbons (Fsp3) is 0.793. The van der Waals surface area contributed by atoms with E-state index in [0.717, 1.165) is 0 Å². The predicted octanol–water partition coefficient (Wildman–Crippen LogP) is -0.987. The molecule has 0 radical (unpaired) electrons. The van der Waals surface area contributed by atoms with Gasteiger partial charge >= 0.3 is 0 Å². The Bertz CT molecular complexity index is 1010. The predicted molar refractivity (Wildman–Crippen MR) is 159 cm³/mol. The third kappa shape index (κ3) is 12.1. The van der Waals surface area contributed by atoms with E-state index in [9.17, 15) is 33.9 Å². The van der Waals surface area contributed by atoms with Gasteiger partial charge in [0.1, 0.15) is 18.1 Å². The number of amides is 6. The summed E-state index contributed by atoms with van der Waals surface area (Å²) < 4.78 is 0. The Kier molecular flexibility index (Phi) is 14.5. The smallest absolute Gasteiger partial charge is 0.248 e. The molecule has 0 aromatic carbocycles. The summed E-state index contributed by atoms with van der Waals surface area (Å²) in [7, 11) is 1.53. The molecule has 246 valence electrons. The molecule has 6 amide bonds. The number of carbonyl (C=O) groups is 6. The van der Waals surface area contributed by atoms with Crippen molar-refractivity contribution in [1.82, 2.24) is 25.8 Å². The zero-order valence-electron chi connectivity index (χ0n) is 26.7. The molecule has 2 aliphatic heterocycles. The summed E-state index contributed by atoms with van der Waals surface area (Å²) in [5.74, 6) is -2.43. The molecular weight excluding hydrogens is 560 g/mol. The molecule has 14 heteroatoms. The van der Waals surface area contributed by atoms with Gasteiger partial charge in [0.15, 0.2) is 0 Å². The van der Waals surface area contributed by atoms with Crippen LogP contribution in [-0.4, -0.2) is 113 Å². The summed E-state index contributed by atoms with van der Waals surface area (Å²) in [6, 6.07) is -2.54. The molecule has 0 aromatic heterocycles. The first-order chi connectivity index (χ1) is 19.8. The van der Waals surface area contributed by atoms with Crippen LogP contribution in [0.15, 0.2) is 0 Å². The van der Waals surface area contributed by atoms with E-state index >= 15 is 0 Å². The lowest BCUT2D eigenvalue weighted by Gasteiger charge is -2.32. The van der Waals surface area contributed by atoms with Crippen LogP contribution in [0, 0.1) is 10.8 Å². The second-order valence-electron chi connectivity index (χ2n) is 13.1. The van der Waals surface area contributed by atoms with Gasteiger partial charge in [0, 0.05) is 25.6 Å². The van der Waals surface area contributed by atoms with Gasteiger partial charge in [-0.1, -0.05) is 34.6 Å². The van der Waals surface area contributed by atoms with Crippen LogP contribution in [0.2, 0.25) is 0 Å². The van der Waals surface area contributed by atoms with Crippen molar-refractivity contribution in [2.75, 3.05) is 33.3 Å². The average molecular weight is 613 g/mol. The molecular formula is C29H52N6O8. The topological polar surface area (TPSA) is 211 Å². The van der Waals surface area contributed by atoms with Gasteiger partial charge in [-0.25, -0.2) is 0 Å². The van der Waals surface area contributed by atoms with Gasteiger partial charge in [-0.05, 0) is 44.4 Å². The Hall–Kier alpha value is -3.26. The minimum atomic E-state index is -1.24. The average Bonchev–Trinajstić information content (AvgIpc) is 3.57. The quantitative estimate of drug-likeness (QED) is 0.170. The second kappa shape index (κ2) is 16.6.